The number of hydrogen-bond donors (Lipinski definition) is 2. The minimum absolute atomic E-state index is 0.00758. The predicted molar refractivity (Wildman–Crippen MR) is 82.2 cm³/mol. The molecule has 128 valence electrons. The first kappa shape index (κ1) is 16.5. The van der Waals surface area contributed by atoms with E-state index in [0.717, 1.165) is 0 Å². The van der Waals surface area contributed by atoms with Crippen LogP contribution in [0, 0.1) is 10.1 Å². The van der Waals surface area contributed by atoms with Gasteiger partial charge in [-0.1, -0.05) is 12.1 Å². The Kier molecular flexibility index (Phi) is 3.55. The third kappa shape index (κ3) is 2.51. The van der Waals surface area contributed by atoms with Crippen LogP contribution in [0.15, 0.2) is 41.3 Å². The Balaban J connectivity index is 2.28. The molecular formula is C14H8N2O8S. The van der Waals surface area contributed by atoms with Gasteiger partial charge >= 0.3 is 5.69 Å². The molecule has 2 aromatic rings. The SMILES string of the molecule is O=C1c2ccccc2C(=O)N1c1cc(S(=O)(=O)O)cc([N+](=O)[O-])c1O. The molecule has 0 aliphatic carbocycles. The molecule has 0 radical (unpaired) electrons. The van der Waals surface area contributed by atoms with Crippen molar-refractivity contribution >= 4 is 33.3 Å². The van der Waals surface area contributed by atoms with Crippen molar-refractivity contribution in [2.24, 2.45) is 0 Å². The van der Waals surface area contributed by atoms with Crippen molar-refractivity contribution in [3.63, 3.8) is 0 Å². The van der Waals surface area contributed by atoms with Crippen LogP contribution in [-0.4, -0.2) is 34.8 Å². The number of nitro benzene ring substituents is 1. The van der Waals surface area contributed by atoms with E-state index >= 15 is 0 Å². The minimum atomic E-state index is -4.89. The smallest absolute Gasteiger partial charge is 0.314 e. The molecule has 1 aliphatic heterocycles. The Morgan fingerprint density at radius 2 is 1.56 bits per heavy atom. The van der Waals surface area contributed by atoms with E-state index in [0.29, 0.717) is 17.0 Å². The molecule has 3 rings (SSSR count). The van der Waals surface area contributed by atoms with Gasteiger partial charge in [0.05, 0.1) is 16.1 Å². The van der Waals surface area contributed by atoms with Crippen molar-refractivity contribution in [2.45, 2.75) is 4.90 Å². The van der Waals surface area contributed by atoms with Crippen LogP contribution in [0.5, 0.6) is 5.75 Å². The molecule has 1 heterocycles. The third-order valence-electron chi connectivity index (χ3n) is 3.57. The monoisotopic (exact) mass is 364 g/mol. The summed E-state index contributed by atoms with van der Waals surface area (Å²) >= 11 is 0. The Labute approximate surface area is 139 Å². The maximum absolute atomic E-state index is 12.4. The summed E-state index contributed by atoms with van der Waals surface area (Å²) in [5, 5.41) is 21.1. The Bertz CT molecular complexity index is 1030. The summed E-state index contributed by atoms with van der Waals surface area (Å²) in [5.74, 6) is -2.86. The number of anilines is 1. The summed E-state index contributed by atoms with van der Waals surface area (Å²) in [6.07, 6.45) is 0. The number of nitro groups is 1. The van der Waals surface area contributed by atoms with Crippen LogP contribution in [0.2, 0.25) is 0 Å². The molecule has 25 heavy (non-hydrogen) atoms. The van der Waals surface area contributed by atoms with Crippen LogP contribution in [0.25, 0.3) is 0 Å². The second-order valence-electron chi connectivity index (χ2n) is 5.03. The molecule has 0 bridgehead atoms. The molecule has 10 nitrogen and oxygen atoms in total. The van der Waals surface area contributed by atoms with Gasteiger partial charge < -0.3 is 5.11 Å². The number of phenolic OH excluding ortho intramolecular Hbond substituents is 1. The summed E-state index contributed by atoms with van der Waals surface area (Å²) in [6.45, 7) is 0. The van der Waals surface area contributed by atoms with E-state index in [4.69, 9.17) is 4.55 Å². The number of amides is 2. The number of nitrogens with zero attached hydrogens (tertiary/aromatic N) is 2. The van der Waals surface area contributed by atoms with Gasteiger partial charge in [0.1, 0.15) is 10.6 Å². The first-order valence-electron chi connectivity index (χ1n) is 6.59. The number of imide groups is 1. The number of aromatic hydroxyl groups is 1. The van der Waals surface area contributed by atoms with E-state index in [1.165, 1.54) is 24.3 Å². The molecule has 2 amide bonds. The highest BCUT2D eigenvalue weighted by molar-refractivity contribution is 7.85. The first-order valence-corrected chi connectivity index (χ1v) is 8.03. The molecule has 0 unspecified atom stereocenters. The molecular weight excluding hydrogens is 356 g/mol. The fourth-order valence-electron chi connectivity index (χ4n) is 2.45. The zero-order valence-corrected chi connectivity index (χ0v) is 12.9. The van der Waals surface area contributed by atoms with Crippen LogP contribution < -0.4 is 4.90 Å². The van der Waals surface area contributed by atoms with Gasteiger partial charge in [-0.15, -0.1) is 0 Å². The van der Waals surface area contributed by atoms with Crippen LogP contribution in [0.3, 0.4) is 0 Å². The first-order chi connectivity index (χ1) is 11.6. The highest BCUT2D eigenvalue weighted by atomic mass is 32.2. The molecule has 0 fully saturated rings. The lowest BCUT2D eigenvalue weighted by atomic mass is 10.1. The van der Waals surface area contributed by atoms with Crippen molar-refractivity contribution in [1.29, 1.82) is 0 Å². The van der Waals surface area contributed by atoms with E-state index in [2.05, 4.69) is 0 Å². The summed E-state index contributed by atoms with van der Waals surface area (Å²) in [7, 11) is -4.89. The van der Waals surface area contributed by atoms with Crippen molar-refractivity contribution in [3.05, 3.63) is 57.6 Å². The Morgan fingerprint density at radius 1 is 1.04 bits per heavy atom. The summed E-state index contributed by atoms with van der Waals surface area (Å²) in [6, 6.07) is 6.70. The second-order valence-corrected chi connectivity index (χ2v) is 6.46. The number of rotatable bonds is 3. The van der Waals surface area contributed by atoms with Gasteiger partial charge in [0, 0.05) is 6.07 Å². The average molecular weight is 364 g/mol. The summed E-state index contributed by atoms with van der Waals surface area (Å²) in [5.41, 5.74) is -1.81. The van der Waals surface area contributed by atoms with Gasteiger partial charge in [-0.3, -0.25) is 24.3 Å². The molecule has 2 aromatic carbocycles. The number of benzene rings is 2. The highest BCUT2D eigenvalue weighted by Gasteiger charge is 2.40. The van der Waals surface area contributed by atoms with Gasteiger partial charge in [-0.05, 0) is 18.2 Å². The molecule has 0 saturated carbocycles. The van der Waals surface area contributed by atoms with Crippen LogP contribution in [-0.2, 0) is 10.1 Å². The zero-order chi connectivity index (χ0) is 18.5. The fourth-order valence-corrected chi connectivity index (χ4v) is 2.97. The molecule has 11 heteroatoms. The van der Waals surface area contributed by atoms with Crippen molar-refractivity contribution in [2.75, 3.05) is 4.90 Å². The van der Waals surface area contributed by atoms with Crippen LogP contribution in [0.1, 0.15) is 20.7 Å². The Morgan fingerprint density at radius 3 is 2.00 bits per heavy atom. The second kappa shape index (κ2) is 5.36. The molecule has 0 aromatic heterocycles. The number of phenols is 1. The molecule has 2 N–H and O–H groups in total. The maximum Gasteiger partial charge on any atom is 0.314 e. The van der Waals surface area contributed by atoms with Crippen molar-refractivity contribution in [1.82, 2.24) is 0 Å². The van der Waals surface area contributed by atoms with E-state index in [1.54, 1.807) is 0 Å². The number of hydrogen-bond acceptors (Lipinski definition) is 7. The largest absolute Gasteiger partial charge is 0.501 e. The molecule has 1 aliphatic rings. The lowest BCUT2D eigenvalue weighted by molar-refractivity contribution is -0.386. The molecule has 0 saturated heterocycles. The van der Waals surface area contributed by atoms with Gasteiger partial charge in [-0.25, -0.2) is 4.90 Å². The van der Waals surface area contributed by atoms with Gasteiger partial charge in [-0.2, -0.15) is 8.42 Å². The van der Waals surface area contributed by atoms with E-state index in [9.17, 15) is 33.2 Å². The quantitative estimate of drug-likeness (QED) is 0.358. The van der Waals surface area contributed by atoms with E-state index in [-0.39, 0.29) is 11.1 Å². The van der Waals surface area contributed by atoms with Gasteiger partial charge in [0.25, 0.3) is 21.9 Å². The lowest BCUT2D eigenvalue weighted by Crippen LogP contribution is -2.29. The zero-order valence-electron chi connectivity index (χ0n) is 12.1. The molecule has 0 spiro atoms. The standard InChI is InChI=1S/C14H8N2O8S/c17-12-10(5-7(25(22,23)24)6-11(12)16(20)21)15-13(18)8-3-1-2-4-9(8)14(15)19/h1-6,17H,(H,22,23,24). The van der Waals surface area contributed by atoms with E-state index < -0.39 is 48.9 Å². The topological polar surface area (TPSA) is 155 Å². The van der Waals surface area contributed by atoms with Crippen LogP contribution in [0.4, 0.5) is 11.4 Å². The third-order valence-corrected chi connectivity index (χ3v) is 4.40. The number of carbonyl (C=O) groups excluding carboxylic acids is 2. The lowest BCUT2D eigenvalue weighted by Gasteiger charge is -2.16. The maximum atomic E-state index is 12.4. The normalized spacial score (nSPS) is 13.9. The number of carbonyl (C=O) groups is 2. The Hall–Kier alpha value is -3.31. The molecule has 0 atom stereocenters. The minimum Gasteiger partial charge on any atom is -0.501 e. The van der Waals surface area contributed by atoms with Crippen molar-refractivity contribution < 1.29 is 32.6 Å². The van der Waals surface area contributed by atoms with E-state index in [1.807, 2.05) is 0 Å². The van der Waals surface area contributed by atoms with Gasteiger partial charge in [0.15, 0.2) is 0 Å². The number of fused-ring (bicyclic) bond motifs is 1. The predicted octanol–water partition coefficient (Wildman–Crippen LogP) is 1.35. The summed E-state index contributed by atoms with van der Waals surface area (Å²) in [4.78, 5) is 34.2. The fraction of sp³-hybridized carbons (Fsp3) is 0. The van der Waals surface area contributed by atoms with Crippen molar-refractivity contribution in [3.8, 4) is 5.75 Å². The summed E-state index contributed by atoms with van der Waals surface area (Å²) < 4.78 is 31.8. The van der Waals surface area contributed by atoms with Crippen LogP contribution >= 0.6 is 0 Å². The highest BCUT2D eigenvalue weighted by Crippen LogP contribution is 2.41. The van der Waals surface area contributed by atoms with Gasteiger partial charge in [0.2, 0.25) is 5.75 Å². The average Bonchev–Trinajstić information content (AvgIpc) is 2.78.